The Morgan fingerprint density at radius 2 is 1.85 bits per heavy atom. The number of alkyl carbamates (subject to hydrolysis) is 1. The third kappa shape index (κ3) is 11.2. The lowest BCUT2D eigenvalue weighted by Gasteiger charge is -2.25. The van der Waals surface area contributed by atoms with E-state index in [0.29, 0.717) is 19.4 Å². The molecule has 4 N–H and O–H groups in total. The molecule has 0 aromatic carbocycles. The number of esters is 1. The van der Waals surface area contributed by atoms with Crippen LogP contribution in [0, 0.1) is 11.8 Å². The van der Waals surface area contributed by atoms with Crippen LogP contribution in [0.3, 0.4) is 0 Å². The lowest BCUT2D eigenvalue weighted by Crippen LogP contribution is -2.52. The first-order valence-electron chi connectivity index (χ1n) is 11.5. The minimum atomic E-state index is -0.899. The van der Waals surface area contributed by atoms with Crippen molar-refractivity contribution in [2.45, 2.75) is 72.1 Å². The summed E-state index contributed by atoms with van der Waals surface area (Å²) in [6.07, 6.45) is 2.88. The molecule has 0 radical (unpaired) electrons. The zero-order chi connectivity index (χ0) is 25.9. The van der Waals surface area contributed by atoms with Crippen LogP contribution in [0.1, 0.15) is 54.4 Å². The van der Waals surface area contributed by atoms with Crippen molar-refractivity contribution in [2.24, 2.45) is 11.8 Å². The predicted molar refractivity (Wildman–Crippen MR) is 124 cm³/mol. The van der Waals surface area contributed by atoms with Gasteiger partial charge in [-0.15, -0.1) is 0 Å². The van der Waals surface area contributed by atoms with Gasteiger partial charge < -0.3 is 30.7 Å². The van der Waals surface area contributed by atoms with Crippen LogP contribution in [0.25, 0.3) is 0 Å². The summed E-state index contributed by atoms with van der Waals surface area (Å²) >= 11 is 0. The molecular weight excluding hydrogens is 444 g/mol. The maximum absolute atomic E-state index is 12.6. The Morgan fingerprint density at radius 1 is 1.18 bits per heavy atom. The highest BCUT2D eigenvalue weighted by atomic mass is 16.6. The van der Waals surface area contributed by atoms with E-state index >= 15 is 0 Å². The topological polar surface area (TPSA) is 152 Å². The van der Waals surface area contributed by atoms with Crippen LogP contribution >= 0.6 is 0 Å². The maximum atomic E-state index is 12.6. The first-order valence-corrected chi connectivity index (χ1v) is 11.5. The number of carbonyl (C=O) groups is 5. The third-order valence-corrected chi connectivity index (χ3v) is 4.84. The van der Waals surface area contributed by atoms with Gasteiger partial charge in [0.25, 0.3) is 0 Å². The van der Waals surface area contributed by atoms with Crippen LogP contribution in [0.5, 0.6) is 0 Å². The minimum absolute atomic E-state index is 0.106. The Labute approximate surface area is 200 Å². The number of ether oxygens (including phenoxy) is 2. The SMILES string of the molecule is CCOC(=O)/C=C/C(CC1CCNC1=O)NC(=O)CNC(=O)C(NC(=O)OC(C)(C)C)C(C)C. The zero-order valence-corrected chi connectivity index (χ0v) is 20.9. The standard InChI is InChI=1S/C23H38N4O7/c1-7-33-18(29)9-8-16(12-15-10-11-24-20(15)30)26-17(28)13-25-21(31)19(14(2)3)27-22(32)34-23(4,5)6/h8-9,14-16,19H,7,10-13H2,1-6H3,(H,24,30)(H,25,31)(H,26,28)(H,27,32)/b9-8+. The number of hydrogen-bond acceptors (Lipinski definition) is 7. The molecule has 0 aliphatic carbocycles. The van der Waals surface area contributed by atoms with Crippen molar-refractivity contribution in [3.8, 4) is 0 Å². The van der Waals surface area contributed by atoms with E-state index in [9.17, 15) is 24.0 Å². The Bertz CT molecular complexity index is 774. The van der Waals surface area contributed by atoms with E-state index in [1.165, 1.54) is 12.2 Å². The fourth-order valence-electron chi connectivity index (χ4n) is 3.25. The molecule has 0 saturated carbocycles. The molecule has 1 rings (SSSR count). The van der Waals surface area contributed by atoms with Crippen LogP contribution in [-0.2, 0) is 28.7 Å². The monoisotopic (exact) mass is 482 g/mol. The minimum Gasteiger partial charge on any atom is -0.463 e. The van der Waals surface area contributed by atoms with Gasteiger partial charge in [0.1, 0.15) is 11.6 Å². The van der Waals surface area contributed by atoms with Crippen LogP contribution in [0.2, 0.25) is 0 Å². The van der Waals surface area contributed by atoms with Crippen molar-refractivity contribution >= 4 is 29.8 Å². The van der Waals surface area contributed by atoms with Crippen molar-refractivity contribution in [3.05, 3.63) is 12.2 Å². The number of amides is 4. The number of carbonyl (C=O) groups excluding carboxylic acids is 5. The second kappa shape index (κ2) is 13.6. The van der Waals surface area contributed by atoms with E-state index in [2.05, 4.69) is 21.3 Å². The quantitative estimate of drug-likeness (QED) is 0.251. The Morgan fingerprint density at radius 3 is 2.38 bits per heavy atom. The molecule has 11 heteroatoms. The third-order valence-electron chi connectivity index (χ3n) is 4.84. The molecule has 3 atom stereocenters. The predicted octanol–water partition coefficient (Wildman–Crippen LogP) is 0.782. The molecule has 1 saturated heterocycles. The van der Waals surface area contributed by atoms with Gasteiger partial charge in [0.15, 0.2) is 0 Å². The van der Waals surface area contributed by atoms with Crippen LogP contribution in [-0.4, -0.2) is 67.2 Å². The molecule has 192 valence electrons. The van der Waals surface area contributed by atoms with Crippen molar-refractivity contribution < 1.29 is 33.4 Å². The van der Waals surface area contributed by atoms with Crippen LogP contribution in [0.15, 0.2) is 12.2 Å². The summed E-state index contributed by atoms with van der Waals surface area (Å²) in [7, 11) is 0. The van der Waals surface area contributed by atoms with Crippen molar-refractivity contribution in [3.63, 3.8) is 0 Å². The molecule has 1 fully saturated rings. The Kier molecular flexibility index (Phi) is 11.5. The van der Waals surface area contributed by atoms with Gasteiger partial charge in [0.05, 0.1) is 13.2 Å². The van der Waals surface area contributed by atoms with Crippen LogP contribution < -0.4 is 21.3 Å². The van der Waals surface area contributed by atoms with E-state index < -0.39 is 41.6 Å². The van der Waals surface area contributed by atoms with E-state index in [0.717, 1.165) is 0 Å². The average molecular weight is 483 g/mol. The molecule has 11 nitrogen and oxygen atoms in total. The molecule has 1 heterocycles. The summed E-state index contributed by atoms with van der Waals surface area (Å²) in [6, 6.07) is -1.51. The molecule has 1 aliphatic heterocycles. The second-order valence-electron chi connectivity index (χ2n) is 9.38. The molecular formula is C23H38N4O7. The van der Waals surface area contributed by atoms with Gasteiger partial charge in [-0.2, -0.15) is 0 Å². The molecule has 0 aromatic heterocycles. The molecule has 3 unspecified atom stereocenters. The Balaban J connectivity index is 2.71. The lowest BCUT2D eigenvalue weighted by molar-refractivity contribution is -0.137. The largest absolute Gasteiger partial charge is 0.463 e. The van der Waals surface area contributed by atoms with E-state index in [4.69, 9.17) is 9.47 Å². The smallest absolute Gasteiger partial charge is 0.408 e. The maximum Gasteiger partial charge on any atom is 0.408 e. The number of rotatable bonds is 11. The summed E-state index contributed by atoms with van der Waals surface area (Å²) in [5.41, 5.74) is -0.718. The Hall–Kier alpha value is -3.11. The summed E-state index contributed by atoms with van der Waals surface area (Å²) in [4.78, 5) is 60.7. The molecule has 0 bridgehead atoms. The molecule has 0 aromatic rings. The highest BCUT2D eigenvalue weighted by Gasteiger charge is 2.29. The fourth-order valence-corrected chi connectivity index (χ4v) is 3.25. The second-order valence-corrected chi connectivity index (χ2v) is 9.38. The summed E-state index contributed by atoms with van der Waals surface area (Å²) in [5, 5.41) is 10.5. The zero-order valence-electron chi connectivity index (χ0n) is 20.9. The van der Waals surface area contributed by atoms with Gasteiger partial charge in [0.2, 0.25) is 17.7 Å². The van der Waals surface area contributed by atoms with Gasteiger partial charge >= 0.3 is 12.1 Å². The summed E-state index contributed by atoms with van der Waals surface area (Å²) in [5.74, 6) is -2.26. The first-order chi connectivity index (χ1) is 15.8. The van der Waals surface area contributed by atoms with E-state index in [-0.39, 0.29) is 30.9 Å². The summed E-state index contributed by atoms with van der Waals surface area (Å²) in [6.45, 7) is 10.7. The van der Waals surface area contributed by atoms with Crippen molar-refractivity contribution in [1.29, 1.82) is 0 Å². The van der Waals surface area contributed by atoms with Gasteiger partial charge in [-0.1, -0.05) is 19.9 Å². The molecule has 4 amide bonds. The van der Waals surface area contributed by atoms with Gasteiger partial charge in [-0.05, 0) is 46.5 Å². The van der Waals surface area contributed by atoms with Crippen LogP contribution in [0.4, 0.5) is 4.79 Å². The summed E-state index contributed by atoms with van der Waals surface area (Å²) < 4.78 is 10.1. The average Bonchev–Trinajstić information content (AvgIpc) is 3.11. The number of nitrogens with one attached hydrogen (secondary N) is 4. The van der Waals surface area contributed by atoms with E-state index in [1.807, 2.05) is 0 Å². The normalized spacial score (nSPS) is 17.6. The van der Waals surface area contributed by atoms with Crippen molar-refractivity contribution in [2.75, 3.05) is 19.7 Å². The fraction of sp³-hybridized carbons (Fsp3) is 0.696. The van der Waals surface area contributed by atoms with Gasteiger partial charge in [-0.3, -0.25) is 14.4 Å². The van der Waals surface area contributed by atoms with Gasteiger partial charge in [-0.25, -0.2) is 9.59 Å². The highest BCUT2D eigenvalue weighted by molar-refractivity contribution is 5.90. The van der Waals surface area contributed by atoms with E-state index in [1.54, 1.807) is 41.5 Å². The highest BCUT2D eigenvalue weighted by Crippen LogP contribution is 2.17. The molecule has 0 spiro atoms. The van der Waals surface area contributed by atoms with Gasteiger partial charge in [0, 0.05) is 24.6 Å². The molecule has 1 aliphatic rings. The molecule has 34 heavy (non-hydrogen) atoms. The first kappa shape index (κ1) is 28.9. The lowest BCUT2D eigenvalue weighted by atomic mass is 9.98. The number of hydrogen-bond donors (Lipinski definition) is 4. The van der Waals surface area contributed by atoms with Crippen molar-refractivity contribution in [1.82, 2.24) is 21.3 Å².